The van der Waals surface area contributed by atoms with Crippen molar-refractivity contribution in [3.63, 3.8) is 0 Å². The fourth-order valence-electron chi connectivity index (χ4n) is 2.27. The van der Waals surface area contributed by atoms with E-state index >= 15 is 0 Å². The van der Waals surface area contributed by atoms with Gasteiger partial charge in [0.05, 0.1) is 7.11 Å². The molecule has 0 amide bonds. The molecule has 2 atom stereocenters. The molecule has 0 spiro atoms. The van der Waals surface area contributed by atoms with E-state index in [-0.39, 0.29) is 5.92 Å². The molecule has 1 saturated heterocycles. The van der Waals surface area contributed by atoms with E-state index in [4.69, 9.17) is 4.74 Å². The average molecular weight is 223 g/mol. The lowest BCUT2D eigenvalue weighted by Gasteiger charge is -2.35. The second-order valence-electron chi connectivity index (χ2n) is 4.56. The van der Waals surface area contributed by atoms with Crippen molar-refractivity contribution in [1.82, 2.24) is 5.32 Å². The van der Waals surface area contributed by atoms with Crippen molar-refractivity contribution in [3.05, 3.63) is 29.8 Å². The molecule has 0 aromatic heterocycles. The molecule has 2 rings (SSSR count). The van der Waals surface area contributed by atoms with Crippen LogP contribution in [0.15, 0.2) is 24.3 Å². The van der Waals surface area contributed by atoms with Crippen LogP contribution < -0.4 is 10.1 Å². The second kappa shape index (κ2) is 4.42. The van der Waals surface area contributed by atoms with Crippen LogP contribution in [0.5, 0.6) is 5.75 Å². The van der Waals surface area contributed by atoms with E-state index < -0.39 is 5.67 Å². The number of halogens is 1. The minimum Gasteiger partial charge on any atom is -0.497 e. The van der Waals surface area contributed by atoms with E-state index in [1.54, 1.807) is 14.0 Å². The largest absolute Gasteiger partial charge is 0.497 e. The van der Waals surface area contributed by atoms with Crippen LogP contribution in [0.3, 0.4) is 0 Å². The third-order valence-corrected chi connectivity index (χ3v) is 3.38. The van der Waals surface area contributed by atoms with Gasteiger partial charge >= 0.3 is 0 Å². The second-order valence-corrected chi connectivity index (χ2v) is 4.56. The molecule has 1 heterocycles. The molecular formula is C13H18FNO. The van der Waals surface area contributed by atoms with Gasteiger partial charge < -0.3 is 10.1 Å². The van der Waals surface area contributed by atoms with Gasteiger partial charge in [0.1, 0.15) is 11.4 Å². The summed E-state index contributed by atoms with van der Waals surface area (Å²) in [5.74, 6) is 0.750. The molecule has 0 bridgehead atoms. The zero-order valence-electron chi connectivity index (χ0n) is 9.79. The molecule has 0 aliphatic carbocycles. The predicted molar refractivity (Wildman–Crippen MR) is 62.7 cm³/mol. The fraction of sp³-hybridized carbons (Fsp3) is 0.538. The standard InChI is InChI=1S/C13H18FNO/c1-13(14)7-8-15-9-12(13)10-3-5-11(16-2)6-4-10/h3-6,12,15H,7-9H2,1-2H3. The van der Waals surface area contributed by atoms with Crippen molar-refractivity contribution in [2.45, 2.75) is 24.9 Å². The van der Waals surface area contributed by atoms with E-state index in [9.17, 15) is 4.39 Å². The van der Waals surface area contributed by atoms with E-state index in [0.29, 0.717) is 13.0 Å². The van der Waals surface area contributed by atoms with Gasteiger partial charge in [0.25, 0.3) is 0 Å². The number of alkyl halides is 1. The van der Waals surface area contributed by atoms with Gasteiger partial charge in [0, 0.05) is 12.5 Å². The average Bonchev–Trinajstić information content (AvgIpc) is 2.29. The van der Waals surface area contributed by atoms with E-state index in [0.717, 1.165) is 17.9 Å². The molecule has 1 fully saturated rings. The maximum atomic E-state index is 14.3. The molecule has 2 nitrogen and oxygen atoms in total. The highest BCUT2D eigenvalue weighted by Gasteiger charge is 2.37. The summed E-state index contributed by atoms with van der Waals surface area (Å²) >= 11 is 0. The molecule has 2 unspecified atom stereocenters. The third-order valence-electron chi connectivity index (χ3n) is 3.38. The first-order valence-electron chi connectivity index (χ1n) is 5.67. The molecule has 3 heteroatoms. The lowest BCUT2D eigenvalue weighted by molar-refractivity contribution is 0.110. The molecule has 1 aliphatic rings. The quantitative estimate of drug-likeness (QED) is 0.831. The monoisotopic (exact) mass is 223 g/mol. The third kappa shape index (κ3) is 2.19. The lowest BCUT2D eigenvalue weighted by Crippen LogP contribution is -2.43. The van der Waals surface area contributed by atoms with Gasteiger partial charge in [-0.05, 0) is 37.6 Å². The highest BCUT2D eigenvalue weighted by molar-refractivity contribution is 5.31. The number of piperidine rings is 1. The number of ether oxygens (including phenoxy) is 1. The summed E-state index contributed by atoms with van der Waals surface area (Å²) in [5.41, 5.74) is -0.0715. The number of methoxy groups -OCH3 is 1. The summed E-state index contributed by atoms with van der Waals surface area (Å²) in [4.78, 5) is 0. The van der Waals surface area contributed by atoms with Gasteiger partial charge in [-0.3, -0.25) is 0 Å². The zero-order chi connectivity index (χ0) is 11.6. The highest BCUT2D eigenvalue weighted by Crippen LogP contribution is 2.36. The van der Waals surface area contributed by atoms with Crippen LogP contribution in [0.25, 0.3) is 0 Å². The molecule has 0 saturated carbocycles. The summed E-state index contributed by atoms with van der Waals surface area (Å²) in [6.07, 6.45) is 0.573. The Morgan fingerprint density at radius 3 is 2.62 bits per heavy atom. The molecule has 16 heavy (non-hydrogen) atoms. The summed E-state index contributed by atoms with van der Waals surface area (Å²) in [6.45, 7) is 3.17. The van der Waals surface area contributed by atoms with Crippen LogP contribution in [-0.2, 0) is 0 Å². The lowest BCUT2D eigenvalue weighted by atomic mass is 9.80. The van der Waals surface area contributed by atoms with Crippen LogP contribution in [0.4, 0.5) is 4.39 Å². The van der Waals surface area contributed by atoms with Crippen LogP contribution in [0, 0.1) is 0 Å². The smallest absolute Gasteiger partial charge is 0.118 e. The summed E-state index contributed by atoms with van der Waals surface area (Å²) in [6, 6.07) is 7.68. The first-order valence-corrected chi connectivity index (χ1v) is 5.67. The van der Waals surface area contributed by atoms with Crippen molar-refractivity contribution in [2.24, 2.45) is 0 Å². The normalized spacial score (nSPS) is 30.1. The Morgan fingerprint density at radius 1 is 1.38 bits per heavy atom. The Hall–Kier alpha value is -1.09. The Balaban J connectivity index is 2.21. The van der Waals surface area contributed by atoms with E-state index in [1.807, 2.05) is 24.3 Å². The topological polar surface area (TPSA) is 21.3 Å². The first kappa shape index (κ1) is 11.4. The number of benzene rings is 1. The van der Waals surface area contributed by atoms with E-state index in [1.165, 1.54) is 0 Å². The van der Waals surface area contributed by atoms with Crippen molar-refractivity contribution in [1.29, 1.82) is 0 Å². The van der Waals surface area contributed by atoms with Gasteiger partial charge in [-0.25, -0.2) is 4.39 Å². The minimum atomic E-state index is -1.11. The van der Waals surface area contributed by atoms with Gasteiger partial charge in [0.15, 0.2) is 0 Å². The molecule has 1 aliphatic heterocycles. The number of hydrogen-bond donors (Lipinski definition) is 1. The van der Waals surface area contributed by atoms with Crippen LogP contribution in [0.2, 0.25) is 0 Å². The van der Waals surface area contributed by atoms with E-state index in [2.05, 4.69) is 5.32 Å². The molecule has 1 N–H and O–H groups in total. The van der Waals surface area contributed by atoms with Gasteiger partial charge in [-0.1, -0.05) is 12.1 Å². The van der Waals surface area contributed by atoms with Crippen molar-refractivity contribution in [2.75, 3.05) is 20.2 Å². The van der Waals surface area contributed by atoms with Crippen molar-refractivity contribution < 1.29 is 9.13 Å². The maximum absolute atomic E-state index is 14.3. The molecule has 88 valence electrons. The molecule has 1 aromatic rings. The predicted octanol–water partition coefficient (Wildman–Crippen LogP) is 2.50. The molecule has 1 aromatic carbocycles. The zero-order valence-corrected chi connectivity index (χ0v) is 9.79. The molecular weight excluding hydrogens is 205 g/mol. The van der Waals surface area contributed by atoms with Gasteiger partial charge in [0.2, 0.25) is 0 Å². The van der Waals surface area contributed by atoms with Crippen LogP contribution in [0.1, 0.15) is 24.8 Å². The number of hydrogen-bond acceptors (Lipinski definition) is 2. The molecule has 0 radical (unpaired) electrons. The van der Waals surface area contributed by atoms with Gasteiger partial charge in [-0.15, -0.1) is 0 Å². The Morgan fingerprint density at radius 2 is 2.06 bits per heavy atom. The fourth-order valence-corrected chi connectivity index (χ4v) is 2.27. The summed E-state index contributed by atoms with van der Waals surface area (Å²) < 4.78 is 19.4. The Bertz CT molecular complexity index is 347. The summed E-state index contributed by atoms with van der Waals surface area (Å²) in [7, 11) is 1.64. The summed E-state index contributed by atoms with van der Waals surface area (Å²) in [5, 5.41) is 3.25. The SMILES string of the molecule is COc1ccc(C2CNCCC2(C)F)cc1. The highest BCUT2D eigenvalue weighted by atomic mass is 19.1. The minimum absolute atomic E-state index is 0.0628. The van der Waals surface area contributed by atoms with Crippen molar-refractivity contribution >= 4 is 0 Å². The Kier molecular flexibility index (Phi) is 3.15. The van der Waals surface area contributed by atoms with Crippen molar-refractivity contribution in [3.8, 4) is 5.75 Å². The Labute approximate surface area is 95.8 Å². The number of nitrogens with one attached hydrogen (secondary N) is 1. The maximum Gasteiger partial charge on any atom is 0.118 e. The first-order chi connectivity index (χ1) is 7.63. The van der Waals surface area contributed by atoms with Gasteiger partial charge in [-0.2, -0.15) is 0 Å². The number of rotatable bonds is 2. The van der Waals surface area contributed by atoms with Crippen LogP contribution >= 0.6 is 0 Å². The van der Waals surface area contributed by atoms with Crippen LogP contribution in [-0.4, -0.2) is 25.9 Å².